The van der Waals surface area contributed by atoms with Crippen LogP contribution in [0.25, 0.3) is 88.9 Å². The summed E-state index contributed by atoms with van der Waals surface area (Å²) in [7, 11) is 0. The summed E-state index contributed by atoms with van der Waals surface area (Å²) in [5, 5.41) is 5.59. The van der Waals surface area contributed by atoms with Gasteiger partial charge in [0.05, 0.1) is 17.0 Å². The summed E-state index contributed by atoms with van der Waals surface area (Å²) in [6, 6.07) is 46.8. The fourth-order valence-electron chi connectivity index (χ4n) is 7.37. The Hall–Kier alpha value is -6.86. The molecule has 7 heteroatoms. The van der Waals surface area contributed by atoms with Gasteiger partial charge in [0.1, 0.15) is 0 Å². The van der Waals surface area contributed by atoms with Crippen LogP contribution in [0.2, 0.25) is 0 Å². The monoisotopic (exact) mass is 714 g/mol. The molecule has 1 aliphatic heterocycles. The molecular formula is C47H27F5N2. The first-order valence-corrected chi connectivity index (χ1v) is 17.3. The van der Waals surface area contributed by atoms with Crippen molar-refractivity contribution in [3.63, 3.8) is 0 Å². The van der Waals surface area contributed by atoms with Gasteiger partial charge in [0.2, 0.25) is 5.82 Å². The fraction of sp³-hybridized carbons (Fsp3) is 0. The van der Waals surface area contributed by atoms with Crippen molar-refractivity contribution < 1.29 is 22.0 Å². The number of fused-ring (bicyclic) bond motifs is 11. The molecular weight excluding hydrogens is 688 g/mol. The largest absolute Gasteiger partial charge is 0.354 e. The molecule has 0 saturated carbocycles. The van der Waals surface area contributed by atoms with Gasteiger partial charge >= 0.3 is 0 Å². The molecule has 0 unspecified atom stereocenters. The Morgan fingerprint density at radius 1 is 0.352 bits per heavy atom. The zero-order chi connectivity index (χ0) is 36.9. The molecule has 260 valence electrons. The lowest BCUT2D eigenvalue weighted by atomic mass is 9.97. The Morgan fingerprint density at radius 2 is 0.778 bits per heavy atom. The molecule has 0 spiro atoms. The molecule has 0 aliphatic carbocycles. The third kappa shape index (κ3) is 5.53. The fourth-order valence-corrected chi connectivity index (χ4v) is 7.37. The average molecular weight is 715 g/mol. The van der Waals surface area contributed by atoms with Gasteiger partial charge in [0.25, 0.3) is 0 Å². The highest BCUT2D eigenvalue weighted by molar-refractivity contribution is 6.09. The molecule has 0 amide bonds. The van der Waals surface area contributed by atoms with E-state index in [1.54, 1.807) is 24.3 Å². The summed E-state index contributed by atoms with van der Waals surface area (Å²) in [5.74, 6) is -10.2. The van der Waals surface area contributed by atoms with Crippen LogP contribution in [0, 0.1) is 29.1 Å². The number of hydrogen-bond acceptors (Lipinski definition) is 1. The third-order valence-corrected chi connectivity index (χ3v) is 9.81. The van der Waals surface area contributed by atoms with Crippen molar-refractivity contribution in [3.8, 4) is 33.4 Å². The molecule has 9 rings (SSSR count). The van der Waals surface area contributed by atoms with Crippen LogP contribution < -0.4 is 0 Å². The molecule has 3 heterocycles. The topological polar surface area (TPSA) is 28.7 Å². The number of nitrogens with zero attached hydrogens (tertiary/aromatic N) is 1. The van der Waals surface area contributed by atoms with Gasteiger partial charge in [-0.3, -0.25) is 0 Å². The Balaban J connectivity index is 1.55. The molecule has 8 bridgehead atoms. The van der Waals surface area contributed by atoms with Crippen LogP contribution in [0.5, 0.6) is 0 Å². The standard InChI is InChI=1S/C47H27F5N2/c48-43-42(44(49)46(51)47(52)45(43)50)41-37-23-21-35(53-37)39(27-11-3-1-4-12-27)31-17-9-15-29(25-31)33-19-7-8-20-34(33)30-16-10-18-32(26-30)40(28-13-5-2-6-14-28)36-22-24-38(41)54-36/h1-26,53H. The van der Waals surface area contributed by atoms with E-state index in [4.69, 9.17) is 4.98 Å². The molecule has 1 aliphatic rings. The number of aromatic nitrogens is 2. The van der Waals surface area contributed by atoms with Crippen molar-refractivity contribution in [2.24, 2.45) is 0 Å². The van der Waals surface area contributed by atoms with E-state index in [0.717, 1.165) is 54.6 Å². The maximum atomic E-state index is 15.8. The number of aromatic amines is 1. The second-order valence-corrected chi connectivity index (χ2v) is 13.0. The van der Waals surface area contributed by atoms with Gasteiger partial charge in [0, 0.05) is 27.7 Å². The molecule has 6 aromatic carbocycles. The van der Waals surface area contributed by atoms with Crippen LogP contribution in [0.1, 0.15) is 11.4 Å². The highest BCUT2D eigenvalue weighted by Crippen LogP contribution is 2.40. The number of benzene rings is 6. The van der Waals surface area contributed by atoms with Gasteiger partial charge < -0.3 is 4.98 Å². The molecule has 0 radical (unpaired) electrons. The average Bonchev–Trinajstić information content (AvgIpc) is 3.90. The molecule has 0 fully saturated rings. The first-order valence-electron chi connectivity index (χ1n) is 17.3. The van der Waals surface area contributed by atoms with E-state index >= 15 is 8.78 Å². The first kappa shape index (κ1) is 33.0. The molecule has 2 nitrogen and oxygen atoms in total. The van der Waals surface area contributed by atoms with E-state index in [0.29, 0.717) is 11.2 Å². The summed E-state index contributed by atoms with van der Waals surface area (Å²) in [4.78, 5) is 8.19. The SMILES string of the molecule is Fc1c(F)c(F)c(-c2c3nc(c(-c4ccccc4)c4cccc(c4)c4ccccc4c4cccc(c4)c(-c4ccccc4)c4ccc2[nH]4)C=C3)c(F)c1F. The number of hydrogen-bond donors (Lipinski definition) is 1. The lowest BCUT2D eigenvalue weighted by Gasteiger charge is -2.10. The Labute approximate surface area is 306 Å². The second-order valence-electron chi connectivity index (χ2n) is 13.0. The molecule has 0 atom stereocenters. The van der Waals surface area contributed by atoms with Crippen molar-refractivity contribution in [3.05, 3.63) is 186 Å². The van der Waals surface area contributed by atoms with Gasteiger partial charge in [-0.1, -0.05) is 121 Å². The number of rotatable bonds is 3. The van der Waals surface area contributed by atoms with Gasteiger partial charge in [-0.05, 0) is 79.9 Å². The van der Waals surface area contributed by atoms with Crippen molar-refractivity contribution in [1.82, 2.24) is 9.97 Å². The normalized spacial score (nSPS) is 11.7. The summed E-state index contributed by atoms with van der Waals surface area (Å²) >= 11 is 0. The van der Waals surface area contributed by atoms with Crippen LogP contribution in [0.15, 0.2) is 146 Å². The highest BCUT2D eigenvalue weighted by atomic mass is 19.2. The van der Waals surface area contributed by atoms with Crippen molar-refractivity contribution >= 4 is 55.5 Å². The van der Waals surface area contributed by atoms with Crippen LogP contribution in [0.3, 0.4) is 0 Å². The van der Waals surface area contributed by atoms with Crippen LogP contribution >= 0.6 is 0 Å². The molecule has 2 aromatic heterocycles. The van der Waals surface area contributed by atoms with E-state index in [1.165, 1.54) is 0 Å². The van der Waals surface area contributed by atoms with Gasteiger partial charge in [-0.15, -0.1) is 0 Å². The Bertz CT molecular complexity index is 2960. The van der Waals surface area contributed by atoms with E-state index in [2.05, 4.69) is 35.3 Å². The summed E-state index contributed by atoms with van der Waals surface area (Å²) in [5.41, 5.74) is 2.92. The van der Waals surface area contributed by atoms with Crippen molar-refractivity contribution in [2.45, 2.75) is 0 Å². The molecule has 8 aromatic rings. The van der Waals surface area contributed by atoms with E-state index in [1.807, 2.05) is 103 Å². The number of halogens is 5. The maximum absolute atomic E-state index is 15.8. The van der Waals surface area contributed by atoms with E-state index in [9.17, 15) is 13.2 Å². The van der Waals surface area contributed by atoms with E-state index < -0.39 is 34.6 Å². The minimum Gasteiger partial charge on any atom is -0.354 e. The lowest BCUT2D eigenvalue weighted by molar-refractivity contribution is 0.381. The predicted molar refractivity (Wildman–Crippen MR) is 209 cm³/mol. The molecule has 1 N–H and O–H groups in total. The zero-order valence-electron chi connectivity index (χ0n) is 28.3. The molecule has 0 saturated heterocycles. The minimum absolute atomic E-state index is 0.0177. The smallest absolute Gasteiger partial charge is 0.200 e. The van der Waals surface area contributed by atoms with Crippen molar-refractivity contribution in [2.75, 3.05) is 0 Å². The maximum Gasteiger partial charge on any atom is 0.200 e. The van der Waals surface area contributed by atoms with Crippen molar-refractivity contribution in [1.29, 1.82) is 0 Å². The van der Waals surface area contributed by atoms with Gasteiger partial charge in [-0.25, -0.2) is 26.9 Å². The summed E-state index contributed by atoms with van der Waals surface area (Å²) in [6.45, 7) is 0. The minimum atomic E-state index is -2.23. The van der Waals surface area contributed by atoms with Crippen LogP contribution in [-0.2, 0) is 0 Å². The van der Waals surface area contributed by atoms with Crippen LogP contribution in [-0.4, -0.2) is 9.97 Å². The zero-order valence-corrected chi connectivity index (χ0v) is 28.3. The highest BCUT2D eigenvalue weighted by Gasteiger charge is 2.29. The van der Waals surface area contributed by atoms with E-state index in [-0.39, 0.29) is 16.8 Å². The number of H-pyrrole nitrogens is 1. The predicted octanol–water partition coefficient (Wildman–Crippen LogP) is 13.5. The Morgan fingerprint density at radius 3 is 1.33 bits per heavy atom. The third-order valence-electron chi connectivity index (χ3n) is 9.81. The van der Waals surface area contributed by atoms with Gasteiger partial charge in [0.15, 0.2) is 23.3 Å². The second kappa shape index (κ2) is 13.3. The lowest BCUT2D eigenvalue weighted by Crippen LogP contribution is -2.05. The molecule has 54 heavy (non-hydrogen) atoms. The Kier molecular flexibility index (Phi) is 8.12. The van der Waals surface area contributed by atoms with Crippen LogP contribution in [0.4, 0.5) is 22.0 Å². The summed E-state index contributed by atoms with van der Waals surface area (Å²) < 4.78 is 76.0. The quantitative estimate of drug-likeness (QED) is 0.110. The number of nitrogens with one attached hydrogen (secondary N) is 1. The first-order chi connectivity index (χ1) is 26.4. The summed E-state index contributed by atoms with van der Waals surface area (Å²) in [6.07, 6.45) is 3.24. The van der Waals surface area contributed by atoms with Gasteiger partial charge in [-0.2, -0.15) is 0 Å².